The van der Waals surface area contributed by atoms with E-state index in [2.05, 4.69) is 24.3 Å². The maximum Gasteiger partial charge on any atom is 0.253 e. The summed E-state index contributed by atoms with van der Waals surface area (Å²) >= 11 is 0. The van der Waals surface area contributed by atoms with Gasteiger partial charge in [-0.15, -0.1) is 0 Å². The quantitative estimate of drug-likeness (QED) is 0.0695. The van der Waals surface area contributed by atoms with Crippen molar-refractivity contribution >= 4 is 30.4 Å². The molecule has 0 aromatic heterocycles. The summed E-state index contributed by atoms with van der Waals surface area (Å²) < 4.78 is 57.2. The summed E-state index contributed by atoms with van der Waals surface area (Å²) in [5.41, 5.74) is -0.563. The summed E-state index contributed by atoms with van der Waals surface area (Å²) in [5, 5.41) is 0. The van der Waals surface area contributed by atoms with E-state index in [1.165, 1.54) is 92.3 Å². The summed E-state index contributed by atoms with van der Waals surface area (Å²) in [6.07, 6.45) is 0. The van der Waals surface area contributed by atoms with Crippen LogP contribution in [0.4, 0.5) is 0 Å². The number of hydrogen-bond acceptors (Lipinski definition) is 13. The highest BCUT2D eigenvalue weighted by Gasteiger charge is 2.35. The molecular weight excluding hydrogens is 743 g/mol. The molecule has 0 bridgehead atoms. The van der Waals surface area contributed by atoms with Gasteiger partial charge in [-0.2, -0.15) is 0 Å². The summed E-state index contributed by atoms with van der Waals surface area (Å²) in [4.78, 5) is 55.9. The lowest BCUT2D eigenvalue weighted by atomic mass is 9.95. The van der Waals surface area contributed by atoms with Crippen molar-refractivity contribution in [3.8, 4) is 57.1 Å². The van der Waals surface area contributed by atoms with Crippen molar-refractivity contribution in [1.82, 2.24) is 0 Å². The number of methoxy groups -OCH3 is 8. The van der Waals surface area contributed by atoms with Crippen LogP contribution in [0, 0.1) is 0 Å². The van der Waals surface area contributed by atoms with Crippen LogP contribution in [0.3, 0.4) is 0 Å². The van der Waals surface area contributed by atoms with Crippen molar-refractivity contribution in [2.75, 3.05) is 56.9 Å². The monoisotopic (exact) mass is 781 g/mol. The van der Waals surface area contributed by atoms with Gasteiger partial charge in [0.15, 0.2) is 0 Å². The molecule has 0 spiro atoms. The molecule has 0 saturated carbocycles. The van der Waals surface area contributed by atoms with Crippen molar-refractivity contribution in [2.24, 2.45) is 0 Å². The van der Waals surface area contributed by atoms with Crippen LogP contribution in [-0.4, -0.2) is 79.5 Å². The summed E-state index contributed by atoms with van der Waals surface area (Å²) in [6.45, 7) is 0. The standard InChI is InChI=1S/C36H34O13P.C6H4/c1-42-19-15-21(31(37)29-25(44-3)11-9-12-26(29)45-4)33(48-7)23(17-19)35(39)50(41)36(40)24-18-20(43-2)16-22(34(24)49-8)32(38)30-27(46-5)13-10-14-28(30)47-6;1-2-6-4-3-5(1)6/h9-18H,1-8H3;1-4H. The molecule has 4 aromatic rings. The number of benzene rings is 5. The van der Waals surface area contributed by atoms with Crippen LogP contribution in [0.25, 0.3) is 11.1 Å². The fourth-order valence-corrected chi connectivity index (χ4v) is 6.88. The minimum Gasteiger partial charge on any atom is -0.497 e. The van der Waals surface area contributed by atoms with Gasteiger partial charge in [0.2, 0.25) is 19.4 Å². The molecule has 56 heavy (non-hydrogen) atoms. The largest absolute Gasteiger partial charge is 0.497 e. The Morgan fingerprint density at radius 2 is 0.714 bits per heavy atom. The van der Waals surface area contributed by atoms with E-state index in [0.717, 1.165) is 0 Å². The molecule has 14 heteroatoms. The molecule has 6 rings (SSSR count). The maximum absolute atomic E-state index is 14.0. The van der Waals surface area contributed by atoms with E-state index in [1.54, 1.807) is 36.4 Å². The molecule has 0 aliphatic heterocycles. The highest BCUT2D eigenvalue weighted by atomic mass is 31.1. The number of ketones is 2. The third-order valence-electron chi connectivity index (χ3n) is 8.85. The van der Waals surface area contributed by atoms with Crippen LogP contribution < -0.4 is 37.9 Å². The van der Waals surface area contributed by atoms with Gasteiger partial charge in [0.05, 0.1) is 79.1 Å². The second kappa shape index (κ2) is 17.6. The average molecular weight is 782 g/mol. The van der Waals surface area contributed by atoms with Crippen molar-refractivity contribution < 1.29 is 61.6 Å². The molecule has 1 radical (unpaired) electrons. The number of ether oxygens (including phenoxy) is 8. The summed E-state index contributed by atoms with van der Waals surface area (Å²) in [6, 6.07) is 23.0. The van der Waals surface area contributed by atoms with Gasteiger partial charge in [0, 0.05) is 0 Å². The second-order valence-electron chi connectivity index (χ2n) is 11.7. The fraction of sp³-hybridized carbons (Fsp3) is 0.190. The molecule has 0 atom stereocenters. The smallest absolute Gasteiger partial charge is 0.253 e. The van der Waals surface area contributed by atoms with Crippen LogP contribution in [-0.2, 0) is 4.57 Å². The summed E-state index contributed by atoms with van der Waals surface area (Å²) in [7, 11) is 7.05. The minimum absolute atomic E-state index is 0.0212. The van der Waals surface area contributed by atoms with E-state index in [9.17, 15) is 23.7 Å². The fourth-order valence-electron chi connectivity index (χ4n) is 5.93. The third-order valence-corrected chi connectivity index (χ3v) is 10.1. The normalized spacial score (nSPS) is 10.5. The molecule has 2 aliphatic carbocycles. The van der Waals surface area contributed by atoms with Crippen LogP contribution in [0.1, 0.15) is 52.6 Å². The van der Waals surface area contributed by atoms with Gasteiger partial charge in [0.1, 0.15) is 57.1 Å². The van der Waals surface area contributed by atoms with Crippen molar-refractivity contribution in [3.05, 3.63) is 118 Å². The first-order chi connectivity index (χ1) is 27.0. The molecule has 0 heterocycles. The van der Waals surface area contributed by atoms with Gasteiger partial charge in [-0.1, -0.05) is 36.4 Å². The zero-order valence-electron chi connectivity index (χ0n) is 31.8. The first kappa shape index (κ1) is 40.5. The van der Waals surface area contributed by atoms with Crippen LogP contribution in [0.5, 0.6) is 46.0 Å². The number of hydrogen-bond donors (Lipinski definition) is 0. The zero-order chi connectivity index (χ0) is 40.7. The molecule has 0 fully saturated rings. The van der Waals surface area contributed by atoms with Crippen LogP contribution in [0.2, 0.25) is 0 Å². The van der Waals surface area contributed by atoms with Crippen molar-refractivity contribution in [1.29, 1.82) is 0 Å². The third kappa shape index (κ3) is 7.62. The van der Waals surface area contributed by atoms with Crippen molar-refractivity contribution in [3.63, 3.8) is 0 Å². The Labute approximate surface area is 323 Å². The molecule has 0 saturated heterocycles. The number of rotatable bonds is 16. The maximum atomic E-state index is 14.0. The predicted octanol–water partition coefficient (Wildman–Crippen LogP) is 7.69. The minimum atomic E-state index is -3.46. The Balaban J connectivity index is 0.000000897. The van der Waals surface area contributed by atoms with Gasteiger partial charge in [0.25, 0.3) is 11.0 Å². The Morgan fingerprint density at radius 1 is 0.411 bits per heavy atom. The Morgan fingerprint density at radius 3 is 0.946 bits per heavy atom. The average Bonchev–Trinajstić information content (AvgIpc) is 3.24. The Kier molecular flexibility index (Phi) is 12.7. The van der Waals surface area contributed by atoms with Crippen LogP contribution >= 0.6 is 7.80 Å². The van der Waals surface area contributed by atoms with Gasteiger partial charge < -0.3 is 37.9 Å². The first-order valence-corrected chi connectivity index (χ1v) is 18.0. The SMILES string of the molecule is COc1cc(C(=O)c2c(OC)cccc2OC)c(OC)c(C(=O)[P](=O)C(=O)c2cc(OC)cc(C(=O)c3c(OC)cccc3OC)c2OC)c1.c1cc2ccc1-2. The second-order valence-corrected chi connectivity index (χ2v) is 13.1. The molecule has 289 valence electrons. The molecule has 2 aliphatic rings. The van der Waals surface area contributed by atoms with Gasteiger partial charge >= 0.3 is 0 Å². The summed E-state index contributed by atoms with van der Waals surface area (Å²) in [5.74, 6) is -1.14. The molecule has 0 unspecified atom stereocenters. The lowest BCUT2D eigenvalue weighted by Crippen LogP contribution is -2.13. The molecule has 13 nitrogen and oxygen atoms in total. The number of carbonyl (C=O) groups is 4. The molecular formula is C42H38O13P. The highest BCUT2D eigenvalue weighted by Crippen LogP contribution is 2.44. The van der Waals surface area contributed by atoms with Gasteiger partial charge in [-0.25, -0.2) is 0 Å². The Hall–Kier alpha value is -6.72. The zero-order valence-corrected chi connectivity index (χ0v) is 32.7. The number of carbonyl (C=O) groups excluding carboxylic acids is 4. The van der Waals surface area contributed by atoms with E-state index < -0.39 is 30.4 Å². The van der Waals surface area contributed by atoms with E-state index >= 15 is 0 Å². The molecule has 0 amide bonds. The van der Waals surface area contributed by atoms with E-state index in [4.69, 9.17) is 37.9 Å². The number of fused-ring (bicyclic) bond motifs is 1. The van der Waals surface area contributed by atoms with Gasteiger partial charge in [-0.05, 0) is 59.7 Å². The highest BCUT2D eigenvalue weighted by molar-refractivity contribution is 7.80. The van der Waals surface area contributed by atoms with E-state index in [0.29, 0.717) is 0 Å². The lowest BCUT2D eigenvalue weighted by Gasteiger charge is -2.18. The van der Waals surface area contributed by atoms with Crippen molar-refractivity contribution in [2.45, 2.75) is 0 Å². The Bertz CT molecular complexity index is 2140. The topological polar surface area (TPSA) is 159 Å². The van der Waals surface area contributed by atoms with E-state index in [1.807, 2.05) is 0 Å². The first-order valence-electron chi connectivity index (χ1n) is 16.7. The molecule has 4 aromatic carbocycles. The van der Waals surface area contributed by atoms with E-state index in [-0.39, 0.29) is 79.4 Å². The van der Waals surface area contributed by atoms with Gasteiger partial charge in [-0.3, -0.25) is 23.7 Å². The molecule has 0 N–H and O–H groups in total. The predicted molar refractivity (Wildman–Crippen MR) is 207 cm³/mol. The van der Waals surface area contributed by atoms with Crippen LogP contribution in [0.15, 0.2) is 84.9 Å². The lowest BCUT2D eigenvalue weighted by molar-refractivity contribution is 0.102.